The fourth-order valence-electron chi connectivity index (χ4n) is 3.12. The molecule has 20 heavy (non-hydrogen) atoms. The van der Waals surface area contributed by atoms with Crippen molar-refractivity contribution in [3.05, 3.63) is 0 Å². The monoisotopic (exact) mass is 304 g/mol. The predicted octanol–water partition coefficient (Wildman–Crippen LogP) is 1.34. The molecule has 2 unspecified atom stereocenters. The van der Waals surface area contributed by atoms with Gasteiger partial charge in [-0.3, -0.25) is 4.79 Å². The SMILES string of the molecule is O=C(O)C1CCCCCCC1NS(=O)(=O)N1CCCC1. The molecule has 1 saturated heterocycles. The van der Waals surface area contributed by atoms with Crippen molar-refractivity contribution in [2.45, 2.75) is 57.4 Å². The zero-order valence-corrected chi connectivity index (χ0v) is 12.6. The van der Waals surface area contributed by atoms with E-state index in [1.807, 2.05) is 0 Å². The van der Waals surface area contributed by atoms with Crippen LogP contribution in [0.15, 0.2) is 0 Å². The van der Waals surface area contributed by atoms with Crippen LogP contribution < -0.4 is 4.72 Å². The topological polar surface area (TPSA) is 86.7 Å². The summed E-state index contributed by atoms with van der Waals surface area (Å²) in [6.45, 7) is 1.08. The first-order valence-corrected chi connectivity index (χ1v) is 8.95. The molecule has 0 bridgehead atoms. The molecule has 2 atom stereocenters. The van der Waals surface area contributed by atoms with Crippen LogP contribution in [0.1, 0.15) is 51.4 Å². The van der Waals surface area contributed by atoms with Crippen LogP contribution in [0.5, 0.6) is 0 Å². The van der Waals surface area contributed by atoms with Crippen LogP contribution >= 0.6 is 0 Å². The molecule has 0 amide bonds. The molecule has 6 nitrogen and oxygen atoms in total. The molecular weight excluding hydrogens is 280 g/mol. The summed E-state index contributed by atoms with van der Waals surface area (Å²) in [7, 11) is -3.53. The van der Waals surface area contributed by atoms with E-state index in [1.165, 1.54) is 4.31 Å². The van der Waals surface area contributed by atoms with E-state index in [4.69, 9.17) is 0 Å². The lowest BCUT2D eigenvalue weighted by Gasteiger charge is -2.28. The first-order valence-electron chi connectivity index (χ1n) is 7.51. The third-order valence-electron chi connectivity index (χ3n) is 4.29. The van der Waals surface area contributed by atoms with Gasteiger partial charge in [0.25, 0.3) is 10.2 Å². The van der Waals surface area contributed by atoms with E-state index < -0.39 is 28.1 Å². The standard InChI is InChI=1S/C13H24N2O4S/c16-13(17)11-7-3-1-2-4-8-12(11)14-20(18,19)15-9-5-6-10-15/h11-12,14H,1-10H2,(H,16,17). The molecule has 2 aliphatic rings. The molecule has 0 radical (unpaired) electrons. The maximum absolute atomic E-state index is 12.3. The summed E-state index contributed by atoms with van der Waals surface area (Å²) in [6, 6.07) is -0.474. The van der Waals surface area contributed by atoms with Crippen LogP contribution in [0.25, 0.3) is 0 Å². The van der Waals surface area contributed by atoms with Gasteiger partial charge >= 0.3 is 5.97 Å². The van der Waals surface area contributed by atoms with Crippen LogP contribution in [-0.4, -0.2) is 42.9 Å². The number of carbonyl (C=O) groups is 1. The minimum absolute atomic E-state index is 0.474. The summed E-state index contributed by atoms with van der Waals surface area (Å²) in [5.74, 6) is -1.49. The van der Waals surface area contributed by atoms with Crippen molar-refractivity contribution >= 4 is 16.2 Å². The van der Waals surface area contributed by atoms with Crippen molar-refractivity contribution in [2.24, 2.45) is 5.92 Å². The summed E-state index contributed by atoms with van der Waals surface area (Å²) < 4.78 is 28.7. The molecule has 0 aromatic rings. The van der Waals surface area contributed by atoms with E-state index in [9.17, 15) is 18.3 Å². The Kier molecular flexibility index (Phi) is 5.40. The van der Waals surface area contributed by atoms with E-state index in [0.717, 1.165) is 38.5 Å². The highest BCUT2D eigenvalue weighted by molar-refractivity contribution is 7.87. The fraction of sp³-hybridized carbons (Fsp3) is 0.923. The minimum atomic E-state index is -3.53. The third kappa shape index (κ3) is 3.93. The van der Waals surface area contributed by atoms with E-state index in [-0.39, 0.29) is 0 Å². The number of rotatable bonds is 4. The van der Waals surface area contributed by atoms with Gasteiger partial charge in [-0.2, -0.15) is 17.4 Å². The number of hydrogen-bond donors (Lipinski definition) is 2. The Morgan fingerprint density at radius 3 is 2.20 bits per heavy atom. The average molecular weight is 304 g/mol. The molecule has 1 aliphatic carbocycles. The van der Waals surface area contributed by atoms with Gasteiger partial charge in [0.05, 0.1) is 5.92 Å². The summed E-state index contributed by atoms with van der Waals surface area (Å²) in [5.41, 5.74) is 0. The van der Waals surface area contributed by atoms with E-state index in [0.29, 0.717) is 25.9 Å². The lowest BCUT2D eigenvalue weighted by molar-refractivity contribution is -0.143. The Labute approximate surface area is 120 Å². The highest BCUT2D eigenvalue weighted by Gasteiger charge is 2.34. The van der Waals surface area contributed by atoms with Crippen molar-refractivity contribution in [3.63, 3.8) is 0 Å². The van der Waals surface area contributed by atoms with Gasteiger partial charge < -0.3 is 5.11 Å². The van der Waals surface area contributed by atoms with Gasteiger partial charge in [0, 0.05) is 19.1 Å². The molecule has 1 aliphatic heterocycles. The predicted molar refractivity (Wildman–Crippen MR) is 75.5 cm³/mol. The van der Waals surface area contributed by atoms with Crippen molar-refractivity contribution in [1.29, 1.82) is 0 Å². The summed E-state index contributed by atoms with van der Waals surface area (Å²) in [4.78, 5) is 11.4. The smallest absolute Gasteiger partial charge is 0.308 e. The molecule has 1 saturated carbocycles. The van der Waals surface area contributed by atoms with Gasteiger partial charge in [0.2, 0.25) is 0 Å². The highest BCUT2D eigenvalue weighted by Crippen LogP contribution is 2.24. The molecule has 0 spiro atoms. The zero-order chi connectivity index (χ0) is 14.6. The number of carboxylic acids is 1. The van der Waals surface area contributed by atoms with Gasteiger partial charge in [-0.1, -0.05) is 25.7 Å². The van der Waals surface area contributed by atoms with E-state index in [2.05, 4.69) is 4.72 Å². The Morgan fingerprint density at radius 1 is 1.00 bits per heavy atom. The van der Waals surface area contributed by atoms with Crippen LogP contribution in [0, 0.1) is 5.92 Å². The number of hydrogen-bond acceptors (Lipinski definition) is 3. The maximum Gasteiger partial charge on any atom is 0.308 e. The highest BCUT2D eigenvalue weighted by atomic mass is 32.2. The lowest BCUT2D eigenvalue weighted by Crippen LogP contribution is -2.49. The van der Waals surface area contributed by atoms with Gasteiger partial charge in [0.1, 0.15) is 0 Å². The molecule has 0 aromatic carbocycles. The molecule has 7 heteroatoms. The number of nitrogens with zero attached hydrogens (tertiary/aromatic N) is 1. The van der Waals surface area contributed by atoms with Crippen molar-refractivity contribution in [3.8, 4) is 0 Å². The van der Waals surface area contributed by atoms with E-state index >= 15 is 0 Å². The lowest BCUT2D eigenvalue weighted by atomic mass is 9.87. The van der Waals surface area contributed by atoms with Crippen LogP contribution in [0.2, 0.25) is 0 Å². The molecule has 1 heterocycles. The molecule has 2 rings (SSSR count). The Hall–Kier alpha value is -0.660. The summed E-state index contributed by atoms with van der Waals surface area (Å²) >= 11 is 0. The van der Waals surface area contributed by atoms with Crippen LogP contribution in [-0.2, 0) is 15.0 Å². The van der Waals surface area contributed by atoms with Gasteiger partial charge in [-0.15, -0.1) is 0 Å². The quantitative estimate of drug-likeness (QED) is 0.820. The van der Waals surface area contributed by atoms with Gasteiger partial charge in [-0.25, -0.2) is 0 Å². The summed E-state index contributed by atoms with van der Waals surface area (Å²) in [6.07, 6.45) is 6.77. The van der Waals surface area contributed by atoms with Crippen LogP contribution in [0.4, 0.5) is 0 Å². The third-order valence-corrected chi connectivity index (χ3v) is 5.93. The average Bonchev–Trinajstić information content (AvgIpc) is 2.86. The molecule has 0 aromatic heterocycles. The van der Waals surface area contributed by atoms with Crippen LogP contribution in [0.3, 0.4) is 0 Å². The number of carboxylic acid groups (broad SMARTS) is 1. The number of aliphatic carboxylic acids is 1. The molecule has 2 fully saturated rings. The normalized spacial score (nSPS) is 29.8. The Bertz CT molecular complexity index is 432. The minimum Gasteiger partial charge on any atom is -0.481 e. The summed E-state index contributed by atoms with van der Waals surface area (Å²) in [5, 5.41) is 9.34. The van der Waals surface area contributed by atoms with Gasteiger partial charge in [-0.05, 0) is 25.7 Å². The van der Waals surface area contributed by atoms with Crippen molar-refractivity contribution < 1.29 is 18.3 Å². The molecule has 116 valence electrons. The second-order valence-corrected chi connectivity index (χ2v) is 7.47. The first-order chi connectivity index (χ1) is 9.50. The molecular formula is C13H24N2O4S. The second-order valence-electron chi connectivity index (χ2n) is 5.77. The van der Waals surface area contributed by atoms with Crippen molar-refractivity contribution in [2.75, 3.05) is 13.1 Å². The maximum atomic E-state index is 12.3. The number of nitrogens with one attached hydrogen (secondary N) is 1. The Morgan fingerprint density at radius 2 is 1.60 bits per heavy atom. The molecule has 2 N–H and O–H groups in total. The Balaban J connectivity index is 2.07. The van der Waals surface area contributed by atoms with E-state index in [1.54, 1.807) is 0 Å². The fourth-order valence-corrected chi connectivity index (χ4v) is 4.67. The zero-order valence-electron chi connectivity index (χ0n) is 11.8. The largest absolute Gasteiger partial charge is 0.481 e. The van der Waals surface area contributed by atoms with Gasteiger partial charge in [0.15, 0.2) is 0 Å². The second kappa shape index (κ2) is 6.87. The first kappa shape index (κ1) is 15.7. The van der Waals surface area contributed by atoms with Crippen molar-refractivity contribution in [1.82, 2.24) is 9.03 Å².